The van der Waals surface area contributed by atoms with Gasteiger partial charge in [0.1, 0.15) is 6.10 Å². The molecule has 36 heavy (non-hydrogen) atoms. The second-order valence-electron chi connectivity index (χ2n) is 8.52. The fraction of sp³-hybridized carbons (Fsp3) is 0.345. The molecule has 3 atom stereocenters. The van der Waals surface area contributed by atoms with E-state index in [9.17, 15) is 19.5 Å². The van der Waals surface area contributed by atoms with E-state index in [0.717, 1.165) is 11.1 Å². The molecule has 0 spiro atoms. The summed E-state index contributed by atoms with van der Waals surface area (Å²) in [6, 6.07) is 18.3. The summed E-state index contributed by atoms with van der Waals surface area (Å²) in [7, 11) is 0. The SMILES string of the molecule is C=CCCC(=O)O[C@@H](CNC(=O)[C@H](CC=C)CC(=O)N[C@@H](CO)Cc1ccccc1)c1ccccc1. The fourth-order valence-corrected chi connectivity index (χ4v) is 3.72. The summed E-state index contributed by atoms with van der Waals surface area (Å²) in [6.07, 6.45) is 4.02. The Morgan fingerprint density at radius 3 is 2.25 bits per heavy atom. The van der Waals surface area contributed by atoms with Crippen molar-refractivity contribution < 1.29 is 24.2 Å². The Kier molecular flexibility index (Phi) is 12.7. The molecule has 0 saturated carbocycles. The molecule has 0 aliphatic rings. The summed E-state index contributed by atoms with van der Waals surface area (Å²) in [5, 5.41) is 15.3. The van der Waals surface area contributed by atoms with E-state index >= 15 is 0 Å². The van der Waals surface area contributed by atoms with Crippen molar-refractivity contribution in [2.24, 2.45) is 5.92 Å². The first-order chi connectivity index (χ1) is 17.5. The molecule has 2 amide bonds. The molecule has 0 aromatic heterocycles. The highest BCUT2D eigenvalue weighted by atomic mass is 16.5. The van der Waals surface area contributed by atoms with Gasteiger partial charge < -0.3 is 20.5 Å². The average molecular weight is 493 g/mol. The van der Waals surface area contributed by atoms with Crippen LogP contribution in [-0.2, 0) is 25.5 Å². The smallest absolute Gasteiger partial charge is 0.306 e. The molecule has 0 radical (unpaired) electrons. The summed E-state index contributed by atoms with van der Waals surface area (Å²) in [5.41, 5.74) is 1.75. The monoisotopic (exact) mass is 492 g/mol. The van der Waals surface area contributed by atoms with Crippen LogP contribution < -0.4 is 10.6 Å². The molecule has 2 aromatic rings. The second-order valence-corrected chi connectivity index (χ2v) is 8.52. The number of benzene rings is 2. The van der Waals surface area contributed by atoms with Crippen molar-refractivity contribution in [3.05, 3.63) is 97.1 Å². The van der Waals surface area contributed by atoms with Crippen LogP contribution in [0.5, 0.6) is 0 Å². The first-order valence-electron chi connectivity index (χ1n) is 12.1. The van der Waals surface area contributed by atoms with Gasteiger partial charge in [-0.1, -0.05) is 72.8 Å². The van der Waals surface area contributed by atoms with E-state index in [1.807, 2.05) is 60.7 Å². The zero-order valence-corrected chi connectivity index (χ0v) is 20.6. The summed E-state index contributed by atoms with van der Waals surface area (Å²) in [6.45, 7) is 7.18. The zero-order chi connectivity index (χ0) is 26.2. The van der Waals surface area contributed by atoms with E-state index in [-0.39, 0.29) is 43.8 Å². The van der Waals surface area contributed by atoms with Gasteiger partial charge in [-0.2, -0.15) is 0 Å². The first-order valence-corrected chi connectivity index (χ1v) is 12.1. The molecule has 2 aromatic carbocycles. The number of aliphatic hydroxyl groups is 1. The number of hydrogen-bond donors (Lipinski definition) is 3. The Labute approximate surface area is 213 Å². The van der Waals surface area contributed by atoms with Crippen LogP contribution in [0.15, 0.2) is 86.0 Å². The Morgan fingerprint density at radius 2 is 1.64 bits per heavy atom. The number of hydrogen-bond acceptors (Lipinski definition) is 5. The van der Waals surface area contributed by atoms with Gasteiger partial charge in [-0.3, -0.25) is 14.4 Å². The average Bonchev–Trinajstić information content (AvgIpc) is 2.90. The Balaban J connectivity index is 1.97. The molecule has 0 bridgehead atoms. The zero-order valence-electron chi connectivity index (χ0n) is 20.6. The third-order valence-electron chi connectivity index (χ3n) is 5.62. The summed E-state index contributed by atoms with van der Waals surface area (Å²) in [4.78, 5) is 37.9. The van der Waals surface area contributed by atoms with Crippen LogP contribution in [0.3, 0.4) is 0 Å². The molecule has 0 aliphatic carbocycles. The van der Waals surface area contributed by atoms with Crippen LogP contribution >= 0.6 is 0 Å². The lowest BCUT2D eigenvalue weighted by Gasteiger charge is -2.22. The van der Waals surface area contributed by atoms with Gasteiger partial charge in [0.2, 0.25) is 11.8 Å². The molecule has 0 fully saturated rings. The number of carbonyl (C=O) groups excluding carboxylic acids is 3. The molecule has 0 unspecified atom stereocenters. The van der Waals surface area contributed by atoms with E-state index in [2.05, 4.69) is 23.8 Å². The standard InChI is InChI=1S/C29H36N2O5/c1-3-5-17-28(34)36-26(23-15-10-7-11-16-23)20-30-29(35)24(12-4-2)19-27(33)31-25(21-32)18-22-13-8-6-9-14-22/h3-4,6-11,13-16,24-26,32H,1-2,5,12,17-21H2,(H,30,35)(H,31,33)/t24-,25-,26+/m1/s1. The fourth-order valence-electron chi connectivity index (χ4n) is 3.72. The van der Waals surface area contributed by atoms with Gasteiger partial charge in [-0.15, -0.1) is 13.2 Å². The molecule has 192 valence electrons. The van der Waals surface area contributed by atoms with Crippen molar-refractivity contribution in [3.8, 4) is 0 Å². The van der Waals surface area contributed by atoms with Gasteiger partial charge in [0, 0.05) is 12.8 Å². The van der Waals surface area contributed by atoms with Gasteiger partial charge in [0.15, 0.2) is 0 Å². The normalized spacial score (nSPS) is 13.0. The third-order valence-corrected chi connectivity index (χ3v) is 5.62. The van der Waals surface area contributed by atoms with E-state index in [1.54, 1.807) is 12.2 Å². The van der Waals surface area contributed by atoms with Crippen LogP contribution in [-0.4, -0.2) is 42.1 Å². The lowest BCUT2D eigenvalue weighted by atomic mass is 9.98. The predicted molar refractivity (Wildman–Crippen MR) is 140 cm³/mol. The number of aliphatic hydroxyl groups excluding tert-OH is 1. The van der Waals surface area contributed by atoms with E-state index in [0.29, 0.717) is 19.3 Å². The molecule has 0 heterocycles. The highest BCUT2D eigenvalue weighted by molar-refractivity contribution is 5.86. The highest BCUT2D eigenvalue weighted by Gasteiger charge is 2.24. The summed E-state index contributed by atoms with van der Waals surface area (Å²) in [5.74, 6) is -1.70. The molecule has 2 rings (SSSR count). The molecular weight excluding hydrogens is 456 g/mol. The largest absolute Gasteiger partial charge is 0.456 e. The van der Waals surface area contributed by atoms with Gasteiger partial charge in [-0.05, 0) is 30.4 Å². The molecule has 7 heteroatoms. The van der Waals surface area contributed by atoms with E-state index < -0.39 is 18.1 Å². The van der Waals surface area contributed by atoms with Crippen LogP contribution in [0.25, 0.3) is 0 Å². The number of carbonyl (C=O) groups is 3. The van der Waals surface area contributed by atoms with Gasteiger partial charge in [-0.25, -0.2) is 0 Å². The molecular formula is C29H36N2O5. The second kappa shape index (κ2) is 16.1. The van der Waals surface area contributed by atoms with Crippen LogP contribution in [0.1, 0.15) is 42.9 Å². The number of rotatable bonds is 16. The molecule has 7 nitrogen and oxygen atoms in total. The third kappa shape index (κ3) is 10.3. The minimum atomic E-state index is -0.657. The van der Waals surface area contributed by atoms with Crippen LogP contribution in [0, 0.1) is 5.92 Å². The maximum atomic E-state index is 13.0. The van der Waals surface area contributed by atoms with Crippen molar-refractivity contribution in [1.29, 1.82) is 0 Å². The predicted octanol–water partition coefficient (Wildman–Crippen LogP) is 3.66. The molecule has 0 saturated heterocycles. The number of nitrogens with one attached hydrogen (secondary N) is 2. The number of ether oxygens (including phenoxy) is 1. The Bertz CT molecular complexity index is 978. The quantitative estimate of drug-likeness (QED) is 0.245. The van der Waals surface area contributed by atoms with Crippen molar-refractivity contribution in [2.45, 2.75) is 44.2 Å². The Morgan fingerprint density at radius 1 is 0.972 bits per heavy atom. The van der Waals surface area contributed by atoms with Crippen molar-refractivity contribution in [1.82, 2.24) is 10.6 Å². The maximum Gasteiger partial charge on any atom is 0.306 e. The van der Waals surface area contributed by atoms with E-state index in [4.69, 9.17) is 4.74 Å². The number of allylic oxidation sites excluding steroid dienone is 2. The number of esters is 1. The minimum absolute atomic E-state index is 0.0573. The maximum absolute atomic E-state index is 13.0. The lowest BCUT2D eigenvalue weighted by molar-refractivity contribution is -0.150. The minimum Gasteiger partial charge on any atom is -0.456 e. The lowest BCUT2D eigenvalue weighted by Crippen LogP contribution is -2.42. The van der Waals surface area contributed by atoms with Crippen LogP contribution in [0.4, 0.5) is 0 Å². The first kappa shape index (κ1) is 28.5. The molecule has 3 N–H and O–H groups in total. The molecule has 0 aliphatic heterocycles. The van der Waals surface area contributed by atoms with E-state index in [1.165, 1.54) is 0 Å². The number of amides is 2. The van der Waals surface area contributed by atoms with Crippen LogP contribution in [0.2, 0.25) is 0 Å². The van der Waals surface area contributed by atoms with Crippen molar-refractivity contribution in [3.63, 3.8) is 0 Å². The van der Waals surface area contributed by atoms with Crippen molar-refractivity contribution >= 4 is 17.8 Å². The van der Waals surface area contributed by atoms with Gasteiger partial charge >= 0.3 is 5.97 Å². The topological polar surface area (TPSA) is 105 Å². The highest BCUT2D eigenvalue weighted by Crippen LogP contribution is 2.19. The van der Waals surface area contributed by atoms with Gasteiger partial charge in [0.05, 0.1) is 25.1 Å². The van der Waals surface area contributed by atoms with Crippen molar-refractivity contribution in [2.75, 3.05) is 13.2 Å². The van der Waals surface area contributed by atoms with Gasteiger partial charge in [0.25, 0.3) is 0 Å². The summed E-state index contributed by atoms with van der Waals surface area (Å²) < 4.78 is 5.60. The Hall–Kier alpha value is -3.71. The summed E-state index contributed by atoms with van der Waals surface area (Å²) >= 11 is 0.